The zero-order valence-electron chi connectivity index (χ0n) is 5.48. The third-order valence-corrected chi connectivity index (χ3v) is 2.12. The van der Waals surface area contributed by atoms with Crippen molar-refractivity contribution in [1.82, 2.24) is 0 Å². The first-order valence-electron chi connectivity index (χ1n) is 3.15. The van der Waals surface area contributed by atoms with Crippen molar-refractivity contribution in [1.29, 1.82) is 0 Å². The van der Waals surface area contributed by atoms with Gasteiger partial charge in [0.15, 0.2) is 0 Å². The lowest BCUT2D eigenvalue weighted by molar-refractivity contribution is 0.995. The normalized spacial score (nSPS) is 25.7. The average Bonchev–Trinajstić information content (AvgIpc) is 1.88. The number of nitrogens with two attached hydrogens (primary N) is 1. The minimum atomic E-state index is 0.0443. The molecule has 1 nitrogen and oxygen atoms in total. The smallest absolute Gasteiger partial charge is 0.0567 e. The molecular weight excluding hydrogens is 169 g/mol. The van der Waals surface area contributed by atoms with Crippen molar-refractivity contribution in [2.24, 2.45) is 5.73 Å². The van der Waals surface area contributed by atoms with E-state index in [1.807, 2.05) is 12.2 Å². The van der Waals surface area contributed by atoms with Gasteiger partial charge in [0.2, 0.25) is 0 Å². The monoisotopic (exact) mass is 177 g/mol. The number of rotatable bonds is 1. The van der Waals surface area contributed by atoms with Crippen LogP contribution >= 0.6 is 23.2 Å². The molecule has 1 aliphatic carbocycles. The summed E-state index contributed by atoms with van der Waals surface area (Å²) in [4.78, 5) is 0. The highest BCUT2D eigenvalue weighted by atomic mass is 35.5. The van der Waals surface area contributed by atoms with Gasteiger partial charge in [0.1, 0.15) is 0 Å². The standard InChI is InChI=1S/C7H9Cl2N/c8-6-2-1-5(4-10)7(9)3-6/h1,3,6H,2,4,10H2. The molecule has 0 saturated heterocycles. The van der Waals surface area contributed by atoms with E-state index in [9.17, 15) is 0 Å². The molecule has 10 heavy (non-hydrogen) atoms. The Balaban J connectivity index is 2.71. The summed E-state index contributed by atoms with van der Waals surface area (Å²) in [6.45, 7) is 0.499. The van der Waals surface area contributed by atoms with Gasteiger partial charge in [-0.05, 0) is 18.1 Å². The van der Waals surface area contributed by atoms with Gasteiger partial charge < -0.3 is 5.73 Å². The van der Waals surface area contributed by atoms with Gasteiger partial charge >= 0.3 is 0 Å². The molecule has 0 bridgehead atoms. The SMILES string of the molecule is NCC1=CCC(Cl)C=C1Cl. The van der Waals surface area contributed by atoms with Gasteiger partial charge in [0, 0.05) is 11.6 Å². The van der Waals surface area contributed by atoms with Crippen LogP contribution in [0, 0.1) is 0 Å². The largest absolute Gasteiger partial charge is 0.326 e. The Hall–Kier alpha value is 0.0200. The highest BCUT2D eigenvalue weighted by Crippen LogP contribution is 2.23. The summed E-state index contributed by atoms with van der Waals surface area (Å²) in [5, 5.41) is 0.747. The molecule has 3 heteroatoms. The van der Waals surface area contributed by atoms with Crippen LogP contribution in [0.15, 0.2) is 22.8 Å². The van der Waals surface area contributed by atoms with E-state index >= 15 is 0 Å². The van der Waals surface area contributed by atoms with E-state index in [0.29, 0.717) is 11.6 Å². The second kappa shape index (κ2) is 3.42. The van der Waals surface area contributed by atoms with Crippen LogP contribution in [0.1, 0.15) is 6.42 Å². The third-order valence-electron chi connectivity index (χ3n) is 1.44. The van der Waals surface area contributed by atoms with Crippen molar-refractivity contribution in [3.63, 3.8) is 0 Å². The highest BCUT2D eigenvalue weighted by molar-refractivity contribution is 6.33. The lowest BCUT2D eigenvalue weighted by atomic mass is 10.1. The Kier molecular flexibility index (Phi) is 2.78. The molecule has 0 radical (unpaired) electrons. The Morgan fingerprint density at radius 2 is 2.40 bits per heavy atom. The van der Waals surface area contributed by atoms with Crippen LogP contribution in [-0.2, 0) is 0 Å². The van der Waals surface area contributed by atoms with Crippen LogP contribution in [0.25, 0.3) is 0 Å². The quantitative estimate of drug-likeness (QED) is 0.610. The van der Waals surface area contributed by atoms with Crippen LogP contribution in [0.4, 0.5) is 0 Å². The molecule has 1 unspecified atom stereocenters. The van der Waals surface area contributed by atoms with Crippen molar-refractivity contribution in [2.45, 2.75) is 11.8 Å². The van der Waals surface area contributed by atoms with Crippen LogP contribution in [0.2, 0.25) is 0 Å². The Morgan fingerprint density at radius 1 is 1.70 bits per heavy atom. The summed E-state index contributed by atoms with van der Waals surface area (Å²) in [6, 6.07) is 0. The van der Waals surface area contributed by atoms with Gasteiger partial charge in [-0.15, -0.1) is 11.6 Å². The summed E-state index contributed by atoms with van der Waals surface area (Å²) >= 11 is 11.6. The molecule has 1 atom stereocenters. The molecule has 1 aliphatic rings. The molecule has 0 spiro atoms. The van der Waals surface area contributed by atoms with E-state index in [0.717, 1.165) is 12.0 Å². The number of alkyl halides is 1. The molecule has 0 fully saturated rings. The summed E-state index contributed by atoms with van der Waals surface area (Å²) in [5.41, 5.74) is 6.40. The lowest BCUT2D eigenvalue weighted by Gasteiger charge is -2.11. The first kappa shape index (κ1) is 8.12. The average molecular weight is 178 g/mol. The Morgan fingerprint density at radius 3 is 2.90 bits per heavy atom. The molecule has 0 saturated carbocycles. The fourth-order valence-electron chi connectivity index (χ4n) is 0.867. The molecule has 0 aromatic carbocycles. The summed E-state index contributed by atoms with van der Waals surface area (Å²) in [7, 11) is 0. The maximum Gasteiger partial charge on any atom is 0.0567 e. The number of allylic oxidation sites excluding steroid dienone is 2. The first-order valence-corrected chi connectivity index (χ1v) is 3.96. The summed E-state index contributed by atoms with van der Waals surface area (Å²) in [6.07, 6.45) is 4.65. The van der Waals surface area contributed by atoms with Crippen molar-refractivity contribution < 1.29 is 0 Å². The summed E-state index contributed by atoms with van der Waals surface area (Å²) in [5.74, 6) is 0. The fraction of sp³-hybridized carbons (Fsp3) is 0.429. The minimum Gasteiger partial charge on any atom is -0.326 e. The molecule has 0 heterocycles. The number of hydrogen-bond acceptors (Lipinski definition) is 1. The molecule has 0 amide bonds. The lowest BCUT2D eigenvalue weighted by Crippen LogP contribution is -2.08. The van der Waals surface area contributed by atoms with Gasteiger partial charge in [0.05, 0.1) is 5.38 Å². The number of hydrogen-bond donors (Lipinski definition) is 1. The van der Waals surface area contributed by atoms with Gasteiger partial charge in [-0.2, -0.15) is 0 Å². The van der Waals surface area contributed by atoms with Crippen molar-refractivity contribution in [2.75, 3.05) is 6.54 Å². The summed E-state index contributed by atoms with van der Waals surface area (Å²) < 4.78 is 0. The second-order valence-corrected chi connectivity index (χ2v) is 3.17. The topological polar surface area (TPSA) is 26.0 Å². The maximum absolute atomic E-state index is 5.81. The molecule has 0 aromatic heterocycles. The molecular formula is C7H9Cl2N. The molecule has 1 rings (SSSR count). The van der Waals surface area contributed by atoms with Gasteiger partial charge in [-0.25, -0.2) is 0 Å². The van der Waals surface area contributed by atoms with E-state index in [-0.39, 0.29) is 5.38 Å². The van der Waals surface area contributed by atoms with Gasteiger partial charge in [-0.3, -0.25) is 0 Å². The number of halogens is 2. The predicted molar refractivity (Wildman–Crippen MR) is 45.3 cm³/mol. The third kappa shape index (κ3) is 1.75. The van der Waals surface area contributed by atoms with Crippen LogP contribution in [-0.4, -0.2) is 11.9 Å². The van der Waals surface area contributed by atoms with Gasteiger partial charge in [-0.1, -0.05) is 17.7 Å². The van der Waals surface area contributed by atoms with E-state index in [2.05, 4.69) is 0 Å². The molecule has 56 valence electrons. The Labute approximate surface area is 70.5 Å². The molecule has 0 aliphatic heterocycles. The molecule has 0 aromatic rings. The van der Waals surface area contributed by atoms with Crippen molar-refractivity contribution in [3.8, 4) is 0 Å². The minimum absolute atomic E-state index is 0.0443. The highest BCUT2D eigenvalue weighted by Gasteiger charge is 2.09. The predicted octanol–water partition coefficient (Wildman–Crippen LogP) is 2.01. The molecule has 2 N–H and O–H groups in total. The zero-order chi connectivity index (χ0) is 7.56. The first-order chi connectivity index (χ1) is 4.74. The van der Waals surface area contributed by atoms with Crippen molar-refractivity contribution in [3.05, 3.63) is 22.8 Å². The van der Waals surface area contributed by atoms with Gasteiger partial charge in [0.25, 0.3) is 0 Å². The van der Waals surface area contributed by atoms with E-state index in [1.165, 1.54) is 0 Å². The van der Waals surface area contributed by atoms with Crippen molar-refractivity contribution >= 4 is 23.2 Å². The maximum atomic E-state index is 5.81. The zero-order valence-corrected chi connectivity index (χ0v) is 6.99. The fourth-order valence-corrected chi connectivity index (χ4v) is 1.45. The van der Waals surface area contributed by atoms with E-state index < -0.39 is 0 Å². The van der Waals surface area contributed by atoms with E-state index in [1.54, 1.807) is 0 Å². The second-order valence-electron chi connectivity index (χ2n) is 2.20. The van der Waals surface area contributed by atoms with E-state index in [4.69, 9.17) is 28.9 Å². The van der Waals surface area contributed by atoms with Crippen LogP contribution in [0.5, 0.6) is 0 Å². The Bertz CT molecular complexity index is 184. The van der Waals surface area contributed by atoms with Crippen LogP contribution < -0.4 is 5.73 Å². The van der Waals surface area contributed by atoms with Crippen LogP contribution in [0.3, 0.4) is 0 Å².